The zero-order chi connectivity index (χ0) is 6.62. The molecule has 0 aromatic carbocycles. The average molecular weight is 446 g/mol. The summed E-state index contributed by atoms with van der Waals surface area (Å²) in [5.74, 6) is 5.88. The Balaban J connectivity index is 3.50. The van der Waals surface area contributed by atoms with Crippen LogP contribution in [-0.2, 0) is 0 Å². The molecule has 0 fully saturated rings. The maximum absolute atomic E-state index is 3.02. The lowest BCUT2D eigenvalue weighted by Gasteiger charge is -2.04. The van der Waals surface area contributed by atoms with E-state index < -0.39 is 0 Å². The lowest BCUT2D eigenvalue weighted by atomic mass is 10.5. The molecule has 0 amide bonds. The topological polar surface area (TPSA) is 0 Å². The summed E-state index contributed by atoms with van der Waals surface area (Å²) >= 11 is 7.11. The summed E-state index contributed by atoms with van der Waals surface area (Å²) in [6.07, 6.45) is 0.963. The van der Waals surface area contributed by atoms with E-state index >= 15 is 0 Å². The highest BCUT2D eigenvalue weighted by Crippen LogP contribution is 2.38. The zero-order valence-electron chi connectivity index (χ0n) is 4.34. The van der Waals surface area contributed by atoms with Gasteiger partial charge in [0, 0.05) is 6.42 Å². The standard InChI is InChI=1S/C5H5I3/c1-2-3-4-5(6,7)8/h4H2,1H3. The van der Waals surface area contributed by atoms with Crippen molar-refractivity contribution < 1.29 is 0 Å². The van der Waals surface area contributed by atoms with Gasteiger partial charge in [0.15, 0.2) is 0 Å². The minimum atomic E-state index is 0.288. The van der Waals surface area contributed by atoms with Gasteiger partial charge in [-0.3, -0.25) is 0 Å². The first-order valence-electron chi connectivity index (χ1n) is 2.02. The van der Waals surface area contributed by atoms with Crippen molar-refractivity contribution in [3.05, 3.63) is 0 Å². The summed E-state index contributed by atoms with van der Waals surface area (Å²) < 4.78 is 0.288. The molecule has 0 saturated carbocycles. The van der Waals surface area contributed by atoms with Crippen LogP contribution in [0.25, 0.3) is 0 Å². The van der Waals surface area contributed by atoms with E-state index in [9.17, 15) is 0 Å². The van der Waals surface area contributed by atoms with Crippen molar-refractivity contribution in [1.82, 2.24) is 0 Å². The molecule has 0 heterocycles. The van der Waals surface area contributed by atoms with Crippen LogP contribution in [0.3, 0.4) is 0 Å². The molecule has 0 unspecified atom stereocenters. The zero-order valence-corrected chi connectivity index (χ0v) is 10.8. The van der Waals surface area contributed by atoms with Gasteiger partial charge in [0.1, 0.15) is -0.565 Å². The Morgan fingerprint density at radius 1 is 1.38 bits per heavy atom. The molecule has 0 bridgehead atoms. The van der Waals surface area contributed by atoms with E-state index in [4.69, 9.17) is 0 Å². The molecule has 8 heavy (non-hydrogen) atoms. The van der Waals surface area contributed by atoms with Gasteiger partial charge >= 0.3 is 0 Å². The highest BCUT2D eigenvalue weighted by Gasteiger charge is 2.13. The van der Waals surface area contributed by atoms with Crippen LogP contribution in [0.4, 0.5) is 0 Å². The fraction of sp³-hybridized carbons (Fsp3) is 0.600. The van der Waals surface area contributed by atoms with E-state index in [-0.39, 0.29) is -0.565 Å². The summed E-state index contributed by atoms with van der Waals surface area (Å²) in [5, 5.41) is 0. The van der Waals surface area contributed by atoms with Crippen molar-refractivity contribution in [2.45, 2.75) is 12.8 Å². The third kappa shape index (κ3) is 7.75. The van der Waals surface area contributed by atoms with Crippen molar-refractivity contribution in [1.29, 1.82) is 0 Å². The van der Waals surface area contributed by atoms with Crippen LogP contribution in [0.1, 0.15) is 13.3 Å². The maximum atomic E-state index is 3.02. The van der Waals surface area contributed by atoms with Gasteiger partial charge in [-0.05, 0) is 6.92 Å². The molecule has 0 N–H and O–H groups in total. The third-order valence-corrected chi connectivity index (χ3v) is 1.61. The van der Waals surface area contributed by atoms with Gasteiger partial charge in [0.25, 0.3) is 0 Å². The van der Waals surface area contributed by atoms with Crippen LogP contribution >= 0.6 is 67.8 Å². The van der Waals surface area contributed by atoms with Crippen molar-refractivity contribution in [2.75, 3.05) is 0 Å². The Morgan fingerprint density at radius 2 is 1.88 bits per heavy atom. The van der Waals surface area contributed by atoms with Gasteiger partial charge in [-0.25, -0.2) is 0 Å². The summed E-state index contributed by atoms with van der Waals surface area (Å²) in [6.45, 7) is 1.87. The van der Waals surface area contributed by atoms with Gasteiger partial charge in [-0.15, -0.1) is 11.8 Å². The van der Waals surface area contributed by atoms with Gasteiger partial charge in [-0.2, -0.15) is 0 Å². The minimum Gasteiger partial charge on any atom is -0.107 e. The van der Waals surface area contributed by atoms with E-state index in [0.717, 1.165) is 6.42 Å². The van der Waals surface area contributed by atoms with Crippen molar-refractivity contribution >= 4 is 67.8 Å². The Morgan fingerprint density at radius 3 is 2.00 bits per heavy atom. The maximum Gasteiger partial charge on any atom is 0.135 e. The molecule has 0 saturated heterocycles. The molecule has 0 aromatic rings. The summed E-state index contributed by atoms with van der Waals surface area (Å²) in [7, 11) is 0. The summed E-state index contributed by atoms with van der Waals surface area (Å²) in [5.41, 5.74) is 0. The lowest BCUT2D eigenvalue weighted by molar-refractivity contribution is 1.27. The SMILES string of the molecule is CC#CCC(I)(I)I. The Labute approximate surface area is 91.0 Å². The van der Waals surface area contributed by atoms with Crippen molar-refractivity contribution in [3.8, 4) is 11.8 Å². The number of alkyl halides is 3. The second-order valence-corrected chi connectivity index (χ2v) is 12.9. The second kappa shape index (κ2) is 4.55. The van der Waals surface area contributed by atoms with E-state index in [1.807, 2.05) is 6.92 Å². The third-order valence-electron chi connectivity index (χ3n) is 0.466. The van der Waals surface area contributed by atoms with Gasteiger partial charge in [0.05, 0.1) is 0 Å². The van der Waals surface area contributed by atoms with Crippen LogP contribution in [0, 0.1) is 11.8 Å². The predicted molar refractivity (Wildman–Crippen MR) is 62.9 cm³/mol. The first kappa shape index (κ1) is 9.75. The molecule has 0 atom stereocenters. The summed E-state index contributed by atoms with van der Waals surface area (Å²) in [6, 6.07) is 0. The molecular formula is C5H5I3. The monoisotopic (exact) mass is 446 g/mol. The number of hydrogen-bond donors (Lipinski definition) is 0. The predicted octanol–water partition coefficient (Wildman–Crippen LogP) is 3.36. The number of rotatable bonds is 1. The molecular weight excluding hydrogens is 441 g/mol. The molecule has 0 aromatic heterocycles. The Bertz CT molecular complexity index is 112. The van der Waals surface area contributed by atoms with E-state index in [2.05, 4.69) is 79.6 Å². The fourth-order valence-electron chi connectivity index (χ4n) is 0.189. The van der Waals surface area contributed by atoms with Gasteiger partial charge in [-0.1, -0.05) is 67.8 Å². The molecule has 0 aliphatic rings. The highest BCUT2D eigenvalue weighted by molar-refractivity contribution is 14.3. The Hall–Kier alpha value is 1.75. The van der Waals surface area contributed by atoms with E-state index in [1.165, 1.54) is 0 Å². The molecule has 0 spiro atoms. The summed E-state index contributed by atoms with van der Waals surface area (Å²) in [4.78, 5) is 0. The van der Waals surface area contributed by atoms with Gasteiger partial charge in [0.2, 0.25) is 0 Å². The number of hydrogen-bond acceptors (Lipinski definition) is 0. The number of halogens is 3. The largest absolute Gasteiger partial charge is 0.135 e. The smallest absolute Gasteiger partial charge is 0.107 e. The van der Waals surface area contributed by atoms with Crippen molar-refractivity contribution in [3.63, 3.8) is 0 Å². The van der Waals surface area contributed by atoms with Crippen LogP contribution in [0.2, 0.25) is 0 Å². The van der Waals surface area contributed by atoms with Gasteiger partial charge < -0.3 is 0 Å². The van der Waals surface area contributed by atoms with Crippen LogP contribution in [0.5, 0.6) is 0 Å². The molecule has 0 aliphatic heterocycles. The van der Waals surface area contributed by atoms with Crippen molar-refractivity contribution in [2.24, 2.45) is 0 Å². The minimum absolute atomic E-state index is 0.288. The first-order chi connectivity index (χ1) is 3.56. The molecule has 0 aliphatic carbocycles. The van der Waals surface area contributed by atoms with Crippen LogP contribution in [0.15, 0.2) is 0 Å². The van der Waals surface area contributed by atoms with Crippen LogP contribution in [-0.4, -0.2) is -0.565 Å². The molecule has 0 radical (unpaired) electrons. The quantitative estimate of drug-likeness (QED) is 0.330. The fourth-order valence-corrected chi connectivity index (χ4v) is 0.761. The first-order valence-corrected chi connectivity index (χ1v) is 5.26. The Kier molecular flexibility index (Phi) is 5.54. The van der Waals surface area contributed by atoms with Crippen LogP contribution < -0.4 is 0 Å². The average Bonchev–Trinajstić information content (AvgIpc) is 1.59. The lowest BCUT2D eigenvalue weighted by Crippen LogP contribution is -1.94. The highest BCUT2D eigenvalue weighted by atomic mass is 127. The molecule has 46 valence electrons. The second-order valence-electron chi connectivity index (χ2n) is 1.22. The van der Waals surface area contributed by atoms with E-state index in [0.29, 0.717) is 0 Å². The molecule has 0 nitrogen and oxygen atoms in total. The van der Waals surface area contributed by atoms with E-state index in [1.54, 1.807) is 0 Å². The molecule has 3 heteroatoms. The normalized spacial score (nSPS) is 10.0. The molecule has 0 rings (SSSR count).